The van der Waals surface area contributed by atoms with Crippen LogP contribution in [0.3, 0.4) is 0 Å². The van der Waals surface area contributed by atoms with Gasteiger partial charge < -0.3 is 15.1 Å². The van der Waals surface area contributed by atoms with Crippen LogP contribution in [-0.2, 0) is 16.1 Å². The molecule has 2 aromatic rings. The van der Waals surface area contributed by atoms with Gasteiger partial charge in [-0.3, -0.25) is 14.5 Å². The maximum absolute atomic E-state index is 12.9. The average molecular weight is 501 g/mol. The maximum atomic E-state index is 12.9. The fourth-order valence-corrected chi connectivity index (χ4v) is 7.53. The highest BCUT2D eigenvalue weighted by molar-refractivity contribution is 6.10. The van der Waals surface area contributed by atoms with Crippen LogP contribution in [0.1, 0.15) is 61.5 Å². The molecule has 5 aliphatic rings. The van der Waals surface area contributed by atoms with Crippen molar-refractivity contribution >= 4 is 23.8 Å². The number of fused-ring (bicyclic) bond motifs is 2. The molecule has 4 fully saturated rings. The van der Waals surface area contributed by atoms with Crippen LogP contribution in [0, 0.1) is 24.2 Å². The molecule has 1 aliphatic carbocycles. The molecule has 3 saturated heterocycles. The van der Waals surface area contributed by atoms with Gasteiger partial charge in [-0.05, 0) is 55.8 Å². The first kappa shape index (κ1) is 23.0. The third-order valence-corrected chi connectivity index (χ3v) is 9.67. The van der Waals surface area contributed by atoms with Crippen molar-refractivity contribution in [1.82, 2.24) is 19.8 Å². The van der Waals surface area contributed by atoms with Crippen LogP contribution in [-0.4, -0.2) is 64.8 Å². The molecule has 1 aromatic carbocycles. The number of anilines is 1. The van der Waals surface area contributed by atoms with Gasteiger partial charge in [0.2, 0.25) is 11.8 Å². The standard InChI is InChI=1S/C29H36N6O2/c1-18-6-7-21(33-11-9-29(16-33)8-5-10-30-29)20(12-18)25-22-13-19(15-35(22)31-17-32(25)4)14-34-26(36)23-24(27(34)37)28(23,2)3/h6-7,12-13,15,17,23-25,30H,5,8-11,14,16H2,1-4H3. The molecule has 7 rings (SSSR count). The van der Waals surface area contributed by atoms with Gasteiger partial charge in [0, 0.05) is 43.1 Å². The van der Waals surface area contributed by atoms with Gasteiger partial charge in [-0.15, -0.1) is 0 Å². The van der Waals surface area contributed by atoms with E-state index in [0.717, 1.165) is 30.9 Å². The molecule has 8 nitrogen and oxygen atoms in total. The van der Waals surface area contributed by atoms with E-state index in [1.807, 2.05) is 31.1 Å². The van der Waals surface area contributed by atoms with Crippen LogP contribution in [0.2, 0.25) is 0 Å². The highest BCUT2D eigenvalue weighted by atomic mass is 16.2. The third-order valence-electron chi connectivity index (χ3n) is 9.67. The number of piperidine rings is 1. The lowest BCUT2D eigenvalue weighted by Crippen LogP contribution is -2.42. The van der Waals surface area contributed by atoms with Gasteiger partial charge in [0.05, 0.1) is 30.1 Å². The molecule has 0 radical (unpaired) electrons. The van der Waals surface area contributed by atoms with Gasteiger partial charge >= 0.3 is 0 Å². The van der Waals surface area contributed by atoms with Crippen LogP contribution >= 0.6 is 0 Å². The van der Waals surface area contributed by atoms with Gasteiger partial charge in [0.1, 0.15) is 6.34 Å². The Morgan fingerprint density at radius 3 is 2.62 bits per heavy atom. The monoisotopic (exact) mass is 500 g/mol. The summed E-state index contributed by atoms with van der Waals surface area (Å²) in [6.45, 7) is 9.71. The third kappa shape index (κ3) is 3.34. The minimum Gasteiger partial charge on any atom is -0.369 e. The summed E-state index contributed by atoms with van der Waals surface area (Å²) in [4.78, 5) is 32.1. The van der Waals surface area contributed by atoms with Crippen LogP contribution in [0.4, 0.5) is 5.69 Å². The number of hydrogen-bond acceptors (Lipinski definition) is 6. The molecule has 2 amide bonds. The van der Waals surface area contributed by atoms with E-state index in [1.165, 1.54) is 41.0 Å². The van der Waals surface area contributed by atoms with E-state index < -0.39 is 0 Å². The summed E-state index contributed by atoms with van der Waals surface area (Å²) in [6, 6.07) is 8.92. The zero-order valence-corrected chi connectivity index (χ0v) is 22.2. The van der Waals surface area contributed by atoms with Gasteiger partial charge in [-0.1, -0.05) is 31.5 Å². The van der Waals surface area contributed by atoms with Crippen LogP contribution in [0.15, 0.2) is 35.6 Å². The Morgan fingerprint density at radius 1 is 1.11 bits per heavy atom. The van der Waals surface area contributed by atoms with E-state index in [4.69, 9.17) is 0 Å². The summed E-state index contributed by atoms with van der Waals surface area (Å²) in [5.41, 5.74) is 5.85. The Labute approximate surface area is 218 Å². The van der Waals surface area contributed by atoms with E-state index in [-0.39, 0.29) is 40.6 Å². The number of nitrogens with one attached hydrogen (secondary N) is 1. The first-order chi connectivity index (χ1) is 17.7. The zero-order chi connectivity index (χ0) is 25.7. The molecule has 1 aromatic heterocycles. The quantitative estimate of drug-likeness (QED) is 0.654. The Kier molecular flexibility index (Phi) is 4.79. The summed E-state index contributed by atoms with van der Waals surface area (Å²) >= 11 is 0. The molecular formula is C29H36N6O2. The molecular weight excluding hydrogens is 464 g/mol. The summed E-state index contributed by atoms with van der Waals surface area (Å²) in [6.07, 6.45) is 7.54. The minimum atomic E-state index is -0.188. The van der Waals surface area contributed by atoms with Gasteiger partial charge in [0.15, 0.2) is 0 Å². The van der Waals surface area contributed by atoms with E-state index in [1.54, 1.807) is 0 Å². The number of imide groups is 1. The number of aryl methyl sites for hydroxylation is 1. The van der Waals surface area contributed by atoms with Crippen molar-refractivity contribution in [2.75, 3.05) is 31.6 Å². The van der Waals surface area contributed by atoms with E-state index >= 15 is 0 Å². The van der Waals surface area contributed by atoms with Crippen molar-refractivity contribution in [2.45, 2.75) is 58.2 Å². The highest BCUT2D eigenvalue weighted by Gasteiger charge is 2.72. The molecule has 4 aliphatic heterocycles. The van der Waals surface area contributed by atoms with Crippen molar-refractivity contribution in [2.24, 2.45) is 22.4 Å². The molecule has 1 N–H and O–H groups in total. The summed E-state index contributed by atoms with van der Waals surface area (Å²) in [7, 11) is 2.07. The molecule has 4 unspecified atom stereocenters. The van der Waals surface area contributed by atoms with E-state index in [2.05, 4.69) is 58.5 Å². The van der Waals surface area contributed by atoms with Crippen LogP contribution in [0.5, 0.6) is 0 Å². The van der Waals surface area contributed by atoms with E-state index in [0.29, 0.717) is 6.54 Å². The lowest BCUT2D eigenvalue weighted by Gasteiger charge is -2.34. The molecule has 8 heteroatoms. The molecule has 1 spiro atoms. The van der Waals surface area contributed by atoms with Crippen molar-refractivity contribution in [3.8, 4) is 0 Å². The second-order valence-electron chi connectivity index (χ2n) is 12.5. The number of benzene rings is 1. The SMILES string of the molecule is Cc1ccc(N2CCC3(CCCN3)C2)c(C2c3cc(CN4C(=O)C5C(C4=O)C5(C)C)cn3N=CN2C)c1. The average Bonchev–Trinajstić information content (AvgIpc) is 3.42. The summed E-state index contributed by atoms with van der Waals surface area (Å²) in [5, 5.41) is 8.43. The molecule has 4 atom stereocenters. The number of aromatic nitrogens is 1. The number of rotatable bonds is 4. The molecule has 1 saturated carbocycles. The van der Waals surface area contributed by atoms with E-state index in [9.17, 15) is 9.59 Å². The normalized spacial score (nSPS) is 31.6. The summed E-state index contributed by atoms with van der Waals surface area (Å²) < 4.78 is 1.92. The Hall–Kier alpha value is -3.13. The number of carbonyl (C=O) groups excluding carboxylic acids is 2. The first-order valence-corrected chi connectivity index (χ1v) is 13.6. The predicted octanol–water partition coefficient (Wildman–Crippen LogP) is 3.10. The summed E-state index contributed by atoms with van der Waals surface area (Å²) in [5.74, 6) is -0.346. The minimum absolute atomic E-state index is 0.00782. The predicted molar refractivity (Wildman–Crippen MR) is 142 cm³/mol. The Balaban J connectivity index is 1.20. The largest absolute Gasteiger partial charge is 0.369 e. The topological polar surface area (TPSA) is 73.2 Å². The second kappa shape index (κ2) is 7.69. The smallest absolute Gasteiger partial charge is 0.233 e. The highest BCUT2D eigenvalue weighted by Crippen LogP contribution is 2.63. The Morgan fingerprint density at radius 2 is 1.89 bits per heavy atom. The molecule has 37 heavy (non-hydrogen) atoms. The number of nitrogens with zero attached hydrogens (tertiary/aromatic N) is 5. The zero-order valence-electron chi connectivity index (χ0n) is 22.2. The van der Waals surface area contributed by atoms with Crippen molar-refractivity contribution < 1.29 is 9.59 Å². The van der Waals surface area contributed by atoms with Gasteiger partial charge in [0.25, 0.3) is 0 Å². The number of hydrogen-bond donors (Lipinski definition) is 1. The number of likely N-dealkylation sites (tertiary alicyclic amines) is 1. The molecule has 0 bridgehead atoms. The van der Waals surface area contributed by atoms with Crippen molar-refractivity contribution in [3.63, 3.8) is 0 Å². The molecule has 194 valence electrons. The van der Waals surface area contributed by atoms with Crippen LogP contribution < -0.4 is 10.2 Å². The van der Waals surface area contributed by atoms with Crippen molar-refractivity contribution in [1.29, 1.82) is 0 Å². The first-order valence-electron chi connectivity index (χ1n) is 13.6. The van der Waals surface area contributed by atoms with Gasteiger partial charge in [-0.2, -0.15) is 5.10 Å². The fraction of sp³-hybridized carbons (Fsp3) is 0.552. The Bertz CT molecular complexity index is 1310. The second-order valence-corrected chi connectivity index (χ2v) is 12.5. The lowest BCUT2D eigenvalue weighted by molar-refractivity contribution is -0.143. The van der Waals surface area contributed by atoms with Gasteiger partial charge in [-0.25, -0.2) is 4.68 Å². The van der Waals surface area contributed by atoms with Crippen LogP contribution in [0.25, 0.3) is 0 Å². The number of amides is 2. The lowest BCUT2D eigenvalue weighted by atomic mass is 9.96. The fourth-order valence-electron chi connectivity index (χ4n) is 7.53. The number of carbonyl (C=O) groups is 2. The molecule has 5 heterocycles. The maximum Gasteiger partial charge on any atom is 0.233 e. The van der Waals surface area contributed by atoms with Crippen molar-refractivity contribution in [3.05, 3.63) is 52.8 Å².